The summed E-state index contributed by atoms with van der Waals surface area (Å²) in [6.07, 6.45) is 1.40. The number of carbonyl (C=O) groups excluding carboxylic acids is 1. The van der Waals surface area contributed by atoms with E-state index in [-0.39, 0.29) is 0 Å². The van der Waals surface area contributed by atoms with Crippen LogP contribution in [0.25, 0.3) is 11.1 Å². The third-order valence-electron chi connectivity index (χ3n) is 2.67. The molecule has 0 fully saturated rings. The molecule has 1 aromatic heterocycles. The number of benzene rings is 1. The number of carbonyl (C=O) groups is 1. The second-order valence-corrected chi connectivity index (χ2v) is 6.44. The van der Waals surface area contributed by atoms with E-state index in [2.05, 4.69) is 15.5 Å². The first-order valence-corrected chi connectivity index (χ1v) is 8.08. The third kappa shape index (κ3) is 4.46. The van der Waals surface area contributed by atoms with Gasteiger partial charge in [0.15, 0.2) is 5.82 Å². The predicted molar refractivity (Wildman–Crippen MR) is 89.1 cm³/mol. The first-order valence-electron chi connectivity index (χ1n) is 6.86. The number of rotatable bonds is 3. The van der Waals surface area contributed by atoms with Crippen LogP contribution in [-0.2, 0) is 4.74 Å². The lowest BCUT2D eigenvalue weighted by Gasteiger charge is -2.19. The number of amides is 1. The average molecular weight is 317 g/mol. The minimum absolute atomic E-state index is 0.367. The van der Waals surface area contributed by atoms with Crippen molar-refractivity contribution in [1.29, 1.82) is 0 Å². The summed E-state index contributed by atoms with van der Waals surface area (Å²) in [6.45, 7) is 5.43. The highest BCUT2D eigenvalue weighted by molar-refractivity contribution is 7.98. The van der Waals surface area contributed by atoms with Crippen LogP contribution in [0.2, 0.25) is 0 Å². The summed E-state index contributed by atoms with van der Waals surface area (Å²) in [5.74, 6) is 0.367. The Labute approximate surface area is 134 Å². The summed E-state index contributed by atoms with van der Waals surface area (Å²) >= 11 is 1.51. The topological polar surface area (TPSA) is 64.1 Å². The quantitative estimate of drug-likeness (QED) is 0.859. The second kappa shape index (κ2) is 6.79. The van der Waals surface area contributed by atoms with Gasteiger partial charge in [0, 0.05) is 5.56 Å². The van der Waals surface area contributed by atoms with E-state index in [1.807, 2.05) is 57.4 Å². The fourth-order valence-electron chi connectivity index (χ4n) is 1.83. The summed E-state index contributed by atoms with van der Waals surface area (Å²) in [4.78, 5) is 11.8. The fourth-order valence-corrected chi connectivity index (χ4v) is 2.34. The summed E-state index contributed by atoms with van der Waals surface area (Å²) in [6, 6.07) is 11.7. The van der Waals surface area contributed by atoms with Crippen LogP contribution in [0.15, 0.2) is 41.4 Å². The van der Waals surface area contributed by atoms with Crippen LogP contribution in [0.5, 0.6) is 0 Å². The van der Waals surface area contributed by atoms with Gasteiger partial charge in [-0.25, -0.2) is 4.79 Å². The van der Waals surface area contributed by atoms with Crippen molar-refractivity contribution >= 4 is 23.7 Å². The molecule has 116 valence electrons. The van der Waals surface area contributed by atoms with Crippen LogP contribution in [0.4, 0.5) is 10.6 Å². The van der Waals surface area contributed by atoms with Crippen molar-refractivity contribution in [3.05, 3.63) is 36.4 Å². The Balaban J connectivity index is 2.26. The summed E-state index contributed by atoms with van der Waals surface area (Å²) in [5.41, 5.74) is 1.39. The highest BCUT2D eigenvalue weighted by Gasteiger charge is 2.17. The maximum absolute atomic E-state index is 11.8. The summed E-state index contributed by atoms with van der Waals surface area (Å²) in [7, 11) is 0. The van der Waals surface area contributed by atoms with E-state index in [1.54, 1.807) is 6.07 Å². The highest BCUT2D eigenvalue weighted by atomic mass is 32.2. The van der Waals surface area contributed by atoms with Gasteiger partial charge in [0.1, 0.15) is 10.6 Å². The van der Waals surface area contributed by atoms with E-state index in [0.717, 1.165) is 16.2 Å². The number of hydrogen-bond donors (Lipinski definition) is 1. The molecule has 6 heteroatoms. The van der Waals surface area contributed by atoms with Crippen molar-refractivity contribution in [2.24, 2.45) is 0 Å². The SMILES string of the molecule is CSc1nnc(NC(=O)OC(C)(C)C)cc1-c1ccccc1. The maximum atomic E-state index is 11.8. The van der Waals surface area contributed by atoms with Crippen LogP contribution in [0.1, 0.15) is 20.8 Å². The lowest BCUT2D eigenvalue weighted by atomic mass is 10.1. The first kappa shape index (κ1) is 16.3. The van der Waals surface area contributed by atoms with Gasteiger partial charge in [0.05, 0.1) is 0 Å². The Bertz CT molecular complexity index is 654. The van der Waals surface area contributed by atoms with Crippen LogP contribution in [0.3, 0.4) is 0 Å². The van der Waals surface area contributed by atoms with Crippen molar-refractivity contribution in [2.45, 2.75) is 31.4 Å². The van der Waals surface area contributed by atoms with Crippen molar-refractivity contribution in [3.8, 4) is 11.1 Å². The number of thioether (sulfide) groups is 1. The Hall–Kier alpha value is -2.08. The van der Waals surface area contributed by atoms with Gasteiger partial charge in [-0.05, 0) is 38.7 Å². The van der Waals surface area contributed by atoms with Gasteiger partial charge in [-0.2, -0.15) is 0 Å². The number of anilines is 1. The van der Waals surface area contributed by atoms with Crippen LogP contribution >= 0.6 is 11.8 Å². The number of ether oxygens (including phenoxy) is 1. The molecule has 5 nitrogen and oxygen atoms in total. The number of hydrogen-bond acceptors (Lipinski definition) is 5. The van der Waals surface area contributed by atoms with Crippen LogP contribution < -0.4 is 5.32 Å². The van der Waals surface area contributed by atoms with Gasteiger partial charge in [-0.3, -0.25) is 5.32 Å². The molecule has 0 bridgehead atoms. The molecule has 2 rings (SSSR count). The molecule has 0 aliphatic heterocycles. The van der Waals surface area contributed by atoms with Crippen molar-refractivity contribution in [3.63, 3.8) is 0 Å². The Morgan fingerprint density at radius 1 is 1.18 bits per heavy atom. The minimum Gasteiger partial charge on any atom is -0.444 e. The summed E-state index contributed by atoms with van der Waals surface area (Å²) < 4.78 is 5.22. The molecule has 0 saturated heterocycles. The molecule has 0 radical (unpaired) electrons. The van der Waals surface area contributed by atoms with Gasteiger partial charge in [-0.15, -0.1) is 22.0 Å². The third-order valence-corrected chi connectivity index (χ3v) is 3.36. The molecule has 1 amide bonds. The van der Waals surface area contributed by atoms with Crippen molar-refractivity contribution in [1.82, 2.24) is 10.2 Å². The van der Waals surface area contributed by atoms with E-state index >= 15 is 0 Å². The molecule has 0 atom stereocenters. The first-order chi connectivity index (χ1) is 10.4. The van der Waals surface area contributed by atoms with Gasteiger partial charge < -0.3 is 4.74 Å². The van der Waals surface area contributed by atoms with E-state index in [0.29, 0.717) is 5.82 Å². The van der Waals surface area contributed by atoms with Gasteiger partial charge in [0.2, 0.25) is 0 Å². The molecule has 0 aliphatic carbocycles. The van der Waals surface area contributed by atoms with Gasteiger partial charge in [0.25, 0.3) is 0 Å². The van der Waals surface area contributed by atoms with Gasteiger partial charge in [-0.1, -0.05) is 30.3 Å². The summed E-state index contributed by atoms with van der Waals surface area (Å²) in [5, 5.41) is 11.6. The van der Waals surface area contributed by atoms with Crippen LogP contribution in [-0.4, -0.2) is 28.1 Å². The molecule has 22 heavy (non-hydrogen) atoms. The molecule has 1 heterocycles. The van der Waals surface area contributed by atoms with E-state index in [9.17, 15) is 4.79 Å². The largest absolute Gasteiger partial charge is 0.444 e. The molecular weight excluding hydrogens is 298 g/mol. The van der Waals surface area contributed by atoms with Crippen molar-refractivity contribution in [2.75, 3.05) is 11.6 Å². The smallest absolute Gasteiger partial charge is 0.413 e. The lowest BCUT2D eigenvalue weighted by molar-refractivity contribution is 0.0635. The van der Waals surface area contributed by atoms with E-state index < -0.39 is 11.7 Å². The Morgan fingerprint density at radius 3 is 2.45 bits per heavy atom. The zero-order valence-corrected chi connectivity index (χ0v) is 13.9. The van der Waals surface area contributed by atoms with Crippen molar-refractivity contribution < 1.29 is 9.53 Å². The zero-order valence-electron chi connectivity index (χ0n) is 13.1. The van der Waals surface area contributed by atoms with Crippen LogP contribution in [0, 0.1) is 0 Å². The second-order valence-electron chi connectivity index (χ2n) is 5.65. The molecule has 0 aliphatic rings. The minimum atomic E-state index is -0.557. The normalized spacial score (nSPS) is 11.1. The number of nitrogens with zero attached hydrogens (tertiary/aromatic N) is 2. The molecule has 0 unspecified atom stereocenters. The maximum Gasteiger partial charge on any atom is 0.413 e. The molecule has 1 aromatic carbocycles. The molecule has 2 aromatic rings. The number of nitrogens with one attached hydrogen (secondary N) is 1. The van der Waals surface area contributed by atoms with E-state index in [1.165, 1.54) is 11.8 Å². The molecule has 1 N–H and O–H groups in total. The molecule has 0 saturated carbocycles. The fraction of sp³-hybridized carbons (Fsp3) is 0.312. The average Bonchev–Trinajstić information content (AvgIpc) is 2.46. The standard InChI is InChI=1S/C16H19N3O2S/c1-16(2,3)21-15(20)17-13-10-12(14(22-4)19-18-13)11-8-6-5-7-9-11/h5-10H,1-4H3,(H,17,18,20). The lowest BCUT2D eigenvalue weighted by Crippen LogP contribution is -2.27. The molecular formula is C16H19N3O2S. The number of aromatic nitrogens is 2. The predicted octanol–water partition coefficient (Wildman–Crippen LogP) is 4.21. The monoisotopic (exact) mass is 317 g/mol. The molecule has 0 spiro atoms. The zero-order chi connectivity index (χ0) is 16.2. The Kier molecular flexibility index (Phi) is 5.03. The van der Waals surface area contributed by atoms with Gasteiger partial charge >= 0.3 is 6.09 Å². The Morgan fingerprint density at radius 2 is 1.86 bits per heavy atom. The van der Waals surface area contributed by atoms with E-state index in [4.69, 9.17) is 4.74 Å². The highest BCUT2D eigenvalue weighted by Crippen LogP contribution is 2.29.